The fourth-order valence-corrected chi connectivity index (χ4v) is 2.45. The highest BCUT2D eigenvalue weighted by Crippen LogP contribution is 2.37. The minimum Gasteiger partial charge on any atom is -0.481 e. The van der Waals surface area contributed by atoms with Gasteiger partial charge in [-0.15, -0.1) is 0 Å². The summed E-state index contributed by atoms with van der Waals surface area (Å²) in [6.07, 6.45) is 2.50. The van der Waals surface area contributed by atoms with Gasteiger partial charge in [0.2, 0.25) is 5.88 Å². The van der Waals surface area contributed by atoms with Crippen LogP contribution in [0.2, 0.25) is 18.1 Å². The Balaban J connectivity index is 2.95. The van der Waals surface area contributed by atoms with Gasteiger partial charge < -0.3 is 14.3 Å². The van der Waals surface area contributed by atoms with Crippen LogP contribution in [0.5, 0.6) is 5.88 Å². The van der Waals surface area contributed by atoms with E-state index in [1.165, 1.54) is 13.2 Å². The summed E-state index contributed by atoms with van der Waals surface area (Å²) in [5.74, 6) is -0.565. The molecule has 0 saturated heterocycles. The van der Waals surface area contributed by atoms with Gasteiger partial charge in [-0.2, -0.15) is 0 Å². The predicted octanol–water partition coefficient (Wildman–Crippen LogP) is 3.71. The quantitative estimate of drug-likeness (QED) is 0.638. The van der Waals surface area contributed by atoms with E-state index < -0.39 is 14.3 Å². The lowest BCUT2D eigenvalue weighted by Gasteiger charge is -2.36. The van der Waals surface area contributed by atoms with Crippen LogP contribution in [0.3, 0.4) is 0 Å². The van der Waals surface area contributed by atoms with Crippen LogP contribution in [0, 0.1) is 0 Å². The van der Waals surface area contributed by atoms with Crippen LogP contribution in [0.15, 0.2) is 18.2 Å². The smallest absolute Gasteiger partial charge is 0.328 e. The van der Waals surface area contributed by atoms with Gasteiger partial charge >= 0.3 is 5.97 Å². The van der Waals surface area contributed by atoms with Crippen molar-refractivity contribution in [2.45, 2.75) is 45.5 Å². The Labute approximate surface area is 133 Å². The number of nitrogens with zero attached hydrogens (tertiary/aromatic N) is 1. The second-order valence-electron chi connectivity index (χ2n) is 6.66. The average Bonchev–Trinajstić information content (AvgIpc) is 2.41. The Morgan fingerprint density at radius 2 is 2.00 bits per heavy atom. The molecule has 0 bridgehead atoms. The van der Waals surface area contributed by atoms with Crippen LogP contribution in [0.4, 0.5) is 0 Å². The van der Waals surface area contributed by atoms with Gasteiger partial charge in [-0.25, -0.2) is 9.78 Å². The molecule has 0 saturated carbocycles. The van der Waals surface area contributed by atoms with Crippen LogP contribution < -0.4 is 4.74 Å². The maximum absolute atomic E-state index is 10.6. The van der Waals surface area contributed by atoms with Crippen LogP contribution in [-0.4, -0.2) is 31.5 Å². The van der Waals surface area contributed by atoms with E-state index in [1.807, 2.05) is 12.1 Å². The van der Waals surface area contributed by atoms with Crippen LogP contribution in [-0.2, 0) is 15.8 Å². The molecule has 0 aliphatic rings. The number of carboxylic acids is 1. The van der Waals surface area contributed by atoms with Gasteiger partial charge in [0.1, 0.15) is 0 Å². The summed E-state index contributed by atoms with van der Waals surface area (Å²) in [4.78, 5) is 14.8. The number of hydrogen-bond donors (Lipinski definition) is 1. The van der Waals surface area contributed by atoms with Crippen molar-refractivity contribution in [3.05, 3.63) is 29.5 Å². The topological polar surface area (TPSA) is 68.7 Å². The zero-order valence-electron chi connectivity index (χ0n) is 14.1. The van der Waals surface area contributed by atoms with Crippen molar-refractivity contribution in [2.75, 3.05) is 7.11 Å². The zero-order chi connectivity index (χ0) is 17.0. The SMILES string of the molecule is COc1cc(CO[Si](C)(C)C(C)(C)C)cc(C=CC(=O)O)n1. The van der Waals surface area contributed by atoms with Crippen LogP contribution >= 0.6 is 0 Å². The molecule has 1 heterocycles. The van der Waals surface area contributed by atoms with Crippen molar-refractivity contribution in [1.29, 1.82) is 0 Å². The highest BCUT2D eigenvalue weighted by Gasteiger charge is 2.37. The van der Waals surface area contributed by atoms with Gasteiger partial charge in [0.25, 0.3) is 0 Å². The fourth-order valence-electron chi connectivity index (χ4n) is 1.49. The lowest BCUT2D eigenvalue weighted by molar-refractivity contribution is -0.131. The molecule has 0 radical (unpaired) electrons. The lowest BCUT2D eigenvalue weighted by Crippen LogP contribution is -2.40. The summed E-state index contributed by atoms with van der Waals surface area (Å²) in [7, 11) is -0.309. The molecular weight excluding hydrogens is 298 g/mol. The molecule has 122 valence electrons. The minimum atomic E-state index is -1.84. The highest BCUT2D eigenvalue weighted by atomic mass is 28.4. The van der Waals surface area contributed by atoms with Gasteiger partial charge in [0.05, 0.1) is 19.4 Å². The molecule has 0 aliphatic carbocycles. The number of aromatic nitrogens is 1. The highest BCUT2D eigenvalue weighted by molar-refractivity contribution is 6.74. The Hall–Kier alpha value is -1.66. The van der Waals surface area contributed by atoms with Crippen molar-refractivity contribution in [1.82, 2.24) is 4.98 Å². The Bertz CT molecular complexity index is 562. The number of pyridine rings is 1. The zero-order valence-corrected chi connectivity index (χ0v) is 15.1. The average molecular weight is 323 g/mol. The third kappa shape index (κ3) is 5.27. The van der Waals surface area contributed by atoms with Crippen molar-refractivity contribution in [3.63, 3.8) is 0 Å². The molecule has 0 fully saturated rings. The number of carbonyl (C=O) groups is 1. The first-order chi connectivity index (χ1) is 10.0. The maximum atomic E-state index is 10.6. The van der Waals surface area contributed by atoms with E-state index in [-0.39, 0.29) is 5.04 Å². The van der Waals surface area contributed by atoms with E-state index >= 15 is 0 Å². The number of rotatable bonds is 6. The van der Waals surface area contributed by atoms with E-state index in [0.29, 0.717) is 18.2 Å². The fraction of sp³-hybridized carbons (Fsp3) is 0.500. The van der Waals surface area contributed by atoms with E-state index in [9.17, 15) is 4.79 Å². The largest absolute Gasteiger partial charge is 0.481 e. The van der Waals surface area contributed by atoms with Crippen LogP contribution in [0.25, 0.3) is 6.08 Å². The van der Waals surface area contributed by atoms with Crippen molar-refractivity contribution >= 4 is 20.4 Å². The number of carboxylic acid groups (broad SMARTS) is 1. The molecule has 0 aliphatic heterocycles. The molecule has 0 atom stereocenters. The number of aliphatic carboxylic acids is 1. The van der Waals surface area contributed by atoms with E-state index in [2.05, 4.69) is 38.8 Å². The van der Waals surface area contributed by atoms with E-state index in [0.717, 1.165) is 11.6 Å². The third-order valence-corrected chi connectivity index (χ3v) is 8.37. The monoisotopic (exact) mass is 323 g/mol. The van der Waals surface area contributed by atoms with Crippen molar-refractivity contribution < 1.29 is 19.1 Å². The lowest BCUT2D eigenvalue weighted by atomic mass is 10.2. The molecule has 5 nitrogen and oxygen atoms in total. The summed E-state index contributed by atoms with van der Waals surface area (Å²) < 4.78 is 11.3. The standard InChI is InChI=1S/C16H25NO4Si/c1-16(2,3)22(5,6)21-11-12-9-13(7-8-15(18)19)17-14(10-12)20-4/h7-10H,11H2,1-6H3,(H,18,19). The maximum Gasteiger partial charge on any atom is 0.328 e. The van der Waals surface area contributed by atoms with Gasteiger partial charge in [0, 0.05) is 12.1 Å². The molecule has 0 spiro atoms. The Morgan fingerprint density at radius 3 is 2.50 bits per heavy atom. The number of methoxy groups -OCH3 is 1. The van der Waals surface area contributed by atoms with E-state index in [1.54, 1.807) is 0 Å². The predicted molar refractivity (Wildman–Crippen MR) is 89.4 cm³/mol. The first kappa shape index (κ1) is 18.4. The van der Waals surface area contributed by atoms with Crippen molar-refractivity contribution in [2.24, 2.45) is 0 Å². The summed E-state index contributed by atoms with van der Waals surface area (Å²) in [5, 5.41) is 8.84. The van der Waals surface area contributed by atoms with Gasteiger partial charge in [-0.3, -0.25) is 0 Å². The summed E-state index contributed by atoms with van der Waals surface area (Å²) in [5.41, 5.74) is 1.46. The second-order valence-corrected chi connectivity index (χ2v) is 11.5. The van der Waals surface area contributed by atoms with Crippen molar-refractivity contribution in [3.8, 4) is 5.88 Å². The van der Waals surface area contributed by atoms with E-state index in [4.69, 9.17) is 14.3 Å². The third-order valence-electron chi connectivity index (χ3n) is 3.89. The normalized spacial score (nSPS) is 12.6. The molecule has 1 N–H and O–H groups in total. The summed E-state index contributed by atoms with van der Waals surface area (Å²) >= 11 is 0. The molecule has 6 heteroatoms. The molecule has 22 heavy (non-hydrogen) atoms. The molecule has 0 amide bonds. The minimum absolute atomic E-state index is 0.135. The summed E-state index contributed by atoms with van der Waals surface area (Å²) in [6.45, 7) is 11.4. The van der Waals surface area contributed by atoms with Gasteiger partial charge in [-0.05, 0) is 35.8 Å². The molecule has 0 unspecified atom stereocenters. The first-order valence-corrected chi connectivity index (χ1v) is 10.1. The molecule has 1 aromatic rings. The second kappa shape index (κ2) is 7.06. The van der Waals surface area contributed by atoms with Gasteiger partial charge in [-0.1, -0.05) is 20.8 Å². The molecule has 1 rings (SSSR count). The summed E-state index contributed by atoms with van der Waals surface area (Å²) in [6, 6.07) is 3.63. The molecule has 0 aromatic carbocycles. The molecule has 1 aromatic heterocycles. The van der Waals surface area contributed by atoms with Gasteiger partial charge in [0.15, 0.2) is 8.32 Å². The first-order valence-electron chi connectivity index (χ1n) is 7.15. The van der Waals surface area contributed by atoms with Crippen LogP contribution in [0.1, 0.15) is 32.0 Å². The Morgan fingerprint density at radius 1 is 1.36 bits per heavy atom. The Kier molecular flexibility index (Phi) is 5.90. The number of hydrogen-bond acceptors (Lipinski definition) is 4. The number of ether oxygens (including phenoxy) is 1. The molecular formula is C16H25NO4Si.